The van der Waals surface area contributed by atoms with Gasteiger partial charge >= 0.3 is 0 Å². The van der Waals surface area contributed by atoms with Crippen molar-refractivity contribution in [1.29, 1.82) is 0 Å². The Morgan fingerprint density at radius 2 is 1.85 bits per heavy atom. The highest BCUT2D eigenvalue weighted by atomic mass is 35.5. The number of rotatable bonds is 6. The average molecular weight is 378 g/mol. The second-order valence-electron chi connectivity index (χ2n) is 8.37. The van der Waals surface area contributed by atoms with E-state index < -0.39 is 0 Å². The van der Waals surface area contributed by atoms with Crippen molar-refractivity contribution in [3.05, 3.63) is 18.2 Å². The van der Waals surface area contributed by atoms with Crippen LogP contribution in [0, 0.1) is 17.3 Å². The third-order valence-electron chi connectivity index (χ3n) is 6.28. The molecule has 5 rings (SSSR count). The number of carbonyl (C=O) groups excluding carboxylic acids is 1. The molecule has 4 aliphatic carbocycles. The maximum atomic E-state index is 13.4. The molecule has 4 bridgehead atoms. The molecule has 4 aliphatic rings. The van der Waals surface area contributed by atoms with E-state index in [2.05, 4.69) is 5.32 Å². The number of halogens is 1. The van der Waals surface area contributed by atoms with Gasteiger partial charge in [-0.2, -0.15) is 0 Å². The molecule has 1 amide bonds. The Labute approximate surface area is 160 Å². The summed E-state index contributed by atoms with van der Waals surface area (Å²) in [6.45, 7) is 5.03. The molecule has 0 aliphatic heterocycles. The van der Waals surface area contributed by atoms with Gasteiger partial charge in [-0.1, -0.05) is 0 Å². The summed E-state index contributed by atoms with van der Waals surface area (Å²) < 4.78 is 11.3. The smallest absolute Gasteiger partial charge is 0.230 e. The highest BCUT2D eigenvalue weighted by Crippen LogP contribution is 2.64. The van der Waals surface area contributed by atoms with E-state index in [1.165, 1.54) is 6.42 Å². The number of anilines is 1. The van der Waals surface area contributed by atoms with Gasteiger partial charge in [-0.3, -0.25) is 4.79 Å². The third kappa shape index (κ3) is 3.17. The zero-order valence-corrected chi connectivity index (χ0v) is 16.4. The molecule has 0 radical (unpaired) electrons. The SMILES string of the molecule is CCOc1ccc(OCC)c(NC(=O)C23CC4CC(CC(Cl)(C4)C2)C3)c1. The maximum absolute atomic E-state index is 13.4. The third-order valence-corrected chi connectivity index (χ3v) is 6.72. The normalized spacial score (nSPS) is 34.6. The molecule has 2 unspecified atom stereocenters. The molecule has 0 saturated heterocycles. The molecule has 1 aromatic carbocycles. The van der Waals surface area contributed by atoms with Crippen LogP contribution in [-0.2, 0) is 4.79 Å². The van der Waals surface area contributed by atoms with Crippen molar-refractivity contribution in [2.24, 2.45) is 17.3 Å². The summed E-state index contributed by atoms with van der Waals surface area (Å²) >= 11 is 6.89. The number of hydrogen-bond donors (Lipinski definition) is 1. The van der Waals surface area contributed by atoms with Crippen LogP contribution in [0.4, 0.5) is 5.69 Å². The summed E-state index contributed by atoms with van der Waals surface area (Å²) in [4.78, 5) is 13.2. The first-order chi connectivity index (χ1) is 12.5. The van der Waals surface area contributed by atoms with Crippen molar-refractivity contribution in [3.63, 3.8) is 0 Å². The Hall–Kier alpha value is -1.42. The Morgan fingerprint density at radius 1 is 1.15 bits per heavy atom. The van der Waals surface area contributed by atoms with E-state index in [0.29, 0.717) is 36.5 Å². The van der Waals surface area contributed by atoms with Crippen LogP contribution in [0.15, 0.2) is 18.2 Å². The van der Waals surface area contributed by atoms with Crippen LogP contribution in [0.5, 0.6) is 11.5 Å². The van der Waals surface area contributed by atoms with E-state index in [1.54, 1.807) is 0 Å². The molecule has 0 spiro atoms. The van der Waals surface area contributed by atoms with Gasteiger partial charge in [0.2, 0.25) is 5.91 Å². The van der Waals surface area contributed by atoms with Crippen LogP contribution in [0.25, 0.3) is 0 Å². The molecule has 4 saturated carbocycles. The van der Waals surface area contributed by atoms with Gasteiger partial charge in [-0.05, 0) is 76.3 Å². The van der Waals surface area contributed by atoms with Crippen LogP contribution in [0.3, 0.4) is 0 Å². The highest BCUT2D eigenvalue weighted by Gasteiger charge is 2.60. The summed E-state index contributed by atoms with van der Waals surface area (Å²) in [7, 11) is 0. The van der Waals surface area contributed by atoms with Gasteiger partial charge in [-0.15, -0.1) is 11.6 Å². The maximum Gasteiger partial charge on any atom is 0.230 e. The standard InChI is InChI=1S/C21H28ClNO3/c1-3-25-16-5-6-18(26-4-2)17(8-16)23-19(24)20-9-14-7-15(10-20)12-21(22,11-14)13-20/h5-6,8,14-15H,3-4,7,9-13H2,1-2H3,(H,23,24). The molecule has 1 aromatic rings. The van der Waals surface area contributed by atoms with E-state index in [9.17, 15) is 4.79 Å². The number of ether oxygens (including phenoxy) is 2. The van der Waals surface area contributed by atoms with E-state index in [1.807, 2.05) is 32.0 Å². The lowest BCUT2D eigenvalue weighted by molar-refractivity contribution is -0.138. The molecule has 1 N–H and O–H groups in total. The van der Waals surface area contributed by atoms with Gasteiger partial charge in [-0.25, -0.2) is 0 Å². The van der Waals surface area contributed by atoms with Gasteiger partial charge in [0.25, 0.3) is 0 Å². The lowest BCUT2D eigenvalue weighted by atomic mass is 9.49. The zero-order chi connectivity index (χ0) is 18.4. The van der Waals surface area contributed by atoms with Crippen LogP contribution < -0.4 is 14.8 Å². The molecule has 0 heterocycles. The summed E-state index contributed by atoms with van der Waals surface area (Å²) in [6, 6.07) is 5.61. The summed E-state index contributed by atoms with van der Waals surface area (Å²) in [5.41, 5.74) is 0.374. The van der Waals surface area contributed by atoms with E-state index in [4.69, 9.17) is 21.1 Å². The van der Waals surface area contributed by atoms with Gasteiger partial charge in [0.1, 0.15) is 11.5 Å². The lowest BCUT2D eigenvalue weighted by Crippen LogP contribution is -2.57. The number of hydrogen-bond acceptors (Lipinski definition) is 3. The van der Waals surface area contributed by atoms with Crippen molar-refractivity contribution in [3.8, 4) is 11.5 Å². The van der Waals surface area contributed by atoms with E-state index in [0.717, 1.165) is 37.9 Å². The first-order valence-corrected chi connectivity index (χ1v) is 10.2. The molecule has 4 nitrogen and oxygen atoms in total. The first-order valence-electron chi connectivity index (χ1n) is 9.85. The zero-order valence-electron chi connectivity index (χ0n) is 15.6. The molecule has 26 heavy (non-hydrogen) atoms. The molecule has 0 aromatic heterocycles. The van der Waals surface area contributed by atoms with Gasteiger partial charge in [0.15, 0.2) is 0 Å². The molecule has 142 valence electrons. The van der Waals surface area contributed by atoms with Crippen molar-refractivity contribution in [2.45, 2.75) is 57.2 Å². The number of alkyl halides is 1. The van der Waals surface area contributed by atoms with Crippen LogP contribution in [-0.4, -0.2) is 24.0 Å². The quantitative estimate of drug-likeness (QED) is 0.709. The number of amides is 1. The fourth-order valence-corrected chi connectivity index (χ4v) is 6.51. The van der Waals surface area contributed by atoms with Crippen molar-refractivity contribution in [1.82, 2.24) is 0 Å². The van der Waals surface area contributed by atoms with E-state index in [-0.39, 0.29) is 16.2 Å². The Morgan fingerprint density at radius 3 is 2.46 bits per heavy atom. The number of benzene rings is 1. The first kappa shape index (κ1) is 18.0. The Kier molecular flexibility index (Phi) is 4.58. The molecule has 2 atom stereocenters. The van der Waals surface area contributed by atoms with Crippen molar-refractivity contribution >= 4 is 23.2 Å². The topological polar surface area (TPSA) is 47.6 Å². The monoisotopic (exact) mass is 377 g/mol. The fourth-order valence-electron chi connectivity index (χ4n) is 5.82. The van der Waals surface area contributed by atoms with Crippen molar-refractivity contribution in [2.75, 3.05) is 18.5 Å². The highest BCUT2D eigenvalue weighted by molar-refractivity contribution is 6.24. The van der Waals surface area contributed by atoms with Crippen LogP contribution >= 0.6 is 11.6 Å². The van der Waals surface area contributed by atoms with Crippen LogP contribution in [0.1, 0.15) is 52.4 Å². The number of carbonyl (C=O) groups is 1. The predicted octanol–water partition coefficient (Wildman–Crippen LogP) is 5.00. The predicted molar refractivity (Wildman–Crippen MR) is 103 cm³/mol. The molecule has 5 heteroatoms. The second-order valence-corrected chi connectivity index (χ2v) is 9.17. The Bertz CT molecular complexity index is 690. The largest absolute Gasteiger partial charge is 0.494 e. The van der Waals surface area contributed by atoms with Gasteiger partial charge in [0, 0.05) is 10.9 Å². The minimum atomic E-state index is -0.322. The molecular weight excluding hydrogens is 350 g/mol. The van der Waals surface area contributed by atoms with Crippen molar-refractivity contribution < 1.29 is 14.3 Å². The lowest BCUT2D eigenvalue weighted by Gasteiger charge is -2.59. The minimum Gasteiger partial charge on any atom is -0.494 e. The summed E-state index contributed by atoms with van der Waals surface area (Å²) in [6.07, 6.45) is 6.13. The average Bonchev–Trinajstić information content (AvgIpc) is 2.55. The fraction of sp³-hybridized carbons (Fsp3) is 0.667. The minimum absolute atomic E-state index is 0.103. The van der Waals surface area contributed by atoms with Gasteiger partial charge < -0.3 is 14.8 Å². The van der Waals surface area contributed by atoms with Crippen LogP contribution in [0.2, 0.25) is 0 Å². The van der Waals surface area contributed by atoms with E-state index >= 15 is 0 Å². The molecular formula is C21H28ClNO3. The second kappa shape index (κ2) is 6.63. The summed E-state index contributed by atoms with van der Waals surface area (Å²) in [5, 5.41) is 3.17. The number of nitrogens with one attached hydrogen (secondary N) is 1. The summed E-state index contributed by atoms with van der Waals surface area (Å²) in [5.74, 6) is 2.73. The van der Waals surface area contributed by atoms with Gasteiger partial charge in [0.05, 0.1) is 24.3 Å². The Balaban J connectivity index is 1.59. The molecule has 4 fully saturated rings.